The molecule has 0 saturated heterocycles. The molecule has 0 aliphatic carbocycles. The van der Waals surface area contributed by atoms with Gasteiger partial charge in [0.2, 0.25) is 0 Å². The van der Waals surface area contributed by atoms with Crippen LogP contribution in [0.4, 0.5) is 0 Å². The third-order valence-electron chi connectivity index (χ3n) is 0.862. The van der Waals surface area contributed by atoms with Crippen LogP contribution < -0.4 is 0 Å². The standard InChI is InChI=1S/C5H4O2S/c6-3-4-5(8)1-2-7-4/h1-4H. The number of hydrogen-bond acceptors (Lipinski definition) is 3. The van der Waals surface area contributed by atoms with Crippen molar-refractivity contribution in [3.05, 3.63) is 12.3 Å². The average Bonchev–Trinajstić information content (AvgIpc) is 2.14. The average molecular weight is 128 g/mol. The topological polar surface area (TPSA) is 26.3 Å². The van der Waals surface area contributed by atoms with Crippen LogP contribution >= 0.6 is 12.2 Å². The van der Waals surface area contributed by atoms with Gasteiger partial charge in [0.25, 0.3) is 0 Å². The molecule has 1 unspecified atom stereocenters. The summed E-state index contributed by atoms with van der Waals surface area (Å²) < 4.78 is 4.72. The van der Waals surface area contributed by atoms with Crippen molar-refractivity contribution in [2.24, 2.45) is 0 Å². The van der Waals surface area contributed by atoms with Crippen LogP contribution in [0.1, 0.15) is 0 Å². The van der Waals surface area contributed by atoms with Crippen molar-refractivity contribution < 1.29 is 9.53 Å². The Labute approximate surface area is 52.1 Å². The lowest BCUT2D eigenvalue weighted by molar-refractivity contribution is -0.112. The van der Waals surface area contributed by atoms with Gasteiger partial charge in [-0.2, -0.15) is 0 Å². The number of thiocarbonyl (C=S) groups is 1. The summed E-state index contributed by atoms with van der Waals surface area (Å²) in [6, 6.07) is 0. The number of carbonyl (C=O) groups excluding carboxylic acids is 1. The van der Waals surface area contributed by atoms with Gasteiger partial charge in [-0.25, -0.2) is 0 Å². The number of hydrogen-bond donors (Lipinski definition) is 0. The smallest absolute Gasteiger partial charge is 0.188 e. The Balaban J connectivity index is 2.63. The maximum absolute atomic E-state index is 9.97. The quantitative estimate of drug-likeness (QED) is 0.379. The molecule has 0 fully saturated rings. The van der Waals surface area contributed by atoms with Gasteiger partial charge in [0.1, 0.15) is 0 Å². The summed E-state index contributed by atoms with van der Waals surface area (Å²) >= 11 is 4.70. The number of rotatable bonds is 1. The van der Waals surface area contributed by atoms with Crippen LogP contribution in [0.15, 0.2) is 12.3 Å². The van der Waals surface area contributed by atoms with Crippen molar-refractivity contribution in [3.8, 4) is 0 Å². The molecule has 0 N–H and O–H groups in total. The number of ether oxygens (including phenoxy) is 1. The lowest BCUT2D eigenvalue weighted by Crippen LogP contribution is -2.14. The van der Waals surface area contributed by atoms with Crippen LogP contribution in [0.2, 0.25) is 0 Å². The van der Waals surface area contributed by atoms with Crippen molar-refractivity contribution >= 4 is 23.4 Å². The Morgan fingerprint density at radius 3 is 2.88 bits per heavy atom. The summed E-state index contributed by atoms with van der Waals surface area (Å²) in [6.45, 7) is 0. The second-order valence-corrected chi connectivity index (χ2v) is 1.87. The highest BCUT2D eigenvalue weighted by atomic mass is 32.1. The molecule has 0 amide bonds. The first-order valence-electron chi connectivity index (χ1n) is 2.16. The first-order chi connectivity index (χ1) is 3.84. The second kappa shape index (κ2) is 2.05. The van der Waals surface area contributed by atoms with E-state index in [9.17, 15) is 4.79 Å². The zero-order valence-electron chi connectivity index (χ0n) is 4.03. The van der Waals surface area contributed by atoms with E-state index in [1.165, 1.54) is 6.26 Å². The summed E-state index contributed by atoms with van der Waals surface area (Å²) in [5.74, 6) is 0. The van der Waals surface area contributed by atoms with Crippen LogP contribution in [0.5, 0.6) is 0 Å². The number of carbonyl (C=O) groups is 1. The third kappa shape index (κ3) is 0.767. The minimum Gasteiger partial charge on any atom is -0.485 e. The van der Waals surface area contributed by atoms with E-state index in [1.54, 1.807) is 6.08 Å². The van der Waals surface area contributed by atoms with Gasteiger partial charge in [-0.1, -0.05) is 12.2 Å². The molecular formula is C5H4O2S. The number of aldehydes is 1. The van der Waals surface area contributed by atoms with Crippen molar-refractivity contribution in [2.75, 3.05) is 0 Å². The van der Waals surface area contributed by atoms with E-state index in [-0.39, 0.29) is 0 Å². The van der Waals surface area contributed by atoms with Gasteiger partial charge in [-0.05, 0) is 6.08 Å². The summed E-state index contributed by atoms with van der Waals surface area (Å²) in [4.78, 5) is 10.5. The van der Waals surface area contributed by atoms with Crippen molar-refractivity contribution in [2.45, 2.75) is 6.10 Å². The van der Waals surface area contributed by atoms with Crippen LogP contribution in [0, 0.1) is 0 Å². The zero-order chi connectivity index (χ0) is 5.98. The highest BCUT2D eigenvalue weighted by molar-refractivity contribution is 7.81. The van der Waals surface area contributed by atoms with E-state index >= 15 is 0 Å². The van der Waals surface area contributed by atoms with Crippen LogP contribution in [0.3, 0.4) is 0 Å². The SMILES string of the molecule is O=CC1OC=CC1=S. The van der Waals surface area contributed by atoms with E-state index in [0.29, 0.717) is 11.2 Å². The van der Waals surface area contributed by atoms with Crippen molar-refractivity contribution in [1.29, 1.82) is 0 Å². The predicted molar refractivity (Wildman–Crippen MR) is 32.7 cm³/mol. The van der Waals surface area contributed by atoms with Crippen LogP contribution in [-0.2, 0) is 9.53 Å². The Hall–Kier alpha value is -0.700. The molecule has 0 spiro atoms. The van der Waals surface area contributed by atoms with E-state index in [4.69, 9.17) is 17.0 Å². The molecule has 1 aliphatic heterocycles. The summed E-state index contributed by atoms with van der Waals surface area (Å²) in [6.07, 6.45) is 3.22. The Kier molecular flexibility index (Phi) is 1.39. The van der Waals surface area contributed by atoms with Crippen LogP contribution in [-0.4, -0.2) is 17.3 Å². The first kappa shape index (κ1) is 5.44. The fourth-order valence-corrected chi connectivity index (χ4v) is 0.619. The summed E-state index contributed by atoms with van der Waals surface area (Å²) in [5.41, 5.74) is 0. The van der Waals surface area contributed by atoms with Crippen molar-refractivity contribution in [1.82, 2.24) is 0 Å². The minimum absolute atomic E-state index is 0.495. The molecule has 3 heteroatoms. The van der Waals surface area contributed by atoms with Gasteiger partial charge >= 0.3 is 0 Å². The monoisotopic (exact) mass is 128 g/mol. The summed E-state index contributed by atoms with van der Waals surface area (Å²) in [5, 5.41) is 0. The molecule has 8 heavy (non-hydrogen) atoms. The Bertz CT molecular complexity index is 151. The third-order valence-corrected chi connectivity index (χ3v) is 1.23. The molecule has 0 radical (unpaired) electrons. The maximum atomic E-state index is 9.97. The molecule has 1 heterocycles. The normalized spacial score (nSPS) is 25.5. The van der Waals surface area contributed by atoms with Crippen molar-refractivity contribution in [3.63, 3.8) is 0 Å². The van der Waals surface area contributed by atoms with Gasteiger partial charge in [-0.15, -0.1) is 0 Å². The molecule has 0 aromatic heterocycles. The molecule has 0 saturated carbocycles. The molecule has 0 aromatic carbocycles. The summed E-state index contributed by atoms with van der Waals surface area (Å²) in [7, 11) is 0. The van der Waals surface area contributed by atoms with Gasteiger partial charge in [0.15, 0.2) is 12.4 Å². The van der Waals surface area contributed by atoms with E-state index in [1.807, 2.05) is 0 Å². The molecule has 42 valence electrons. The lowest BCUT2D eigenvalue weighted by atomic mass is 10.3. The van der Waals surface area contributed by atoms with Gasteiger partial charge < -0.3 is 4.74 Å². The van der Waals surface area contributed by atoms with E-state index in [2.05, 4.69) is 0 Å². The molecule has 0 aromatic rings. The largest absolute Gasteiger partial charge is 0.485 e. The highest BCUT2D eigenvalue weighted by Gasteiger charge is 2.14. The molecule has 1 rings (SSSR count). The minimum atomic E-state index is -0.495. The van der Waals surface area contributed by atoms with Gasteiger partial charge in [-0.3, -0.25) is 4.79 Å². The fourth-order valence-electron chi connectivity index (χ4n) is 0.452. The van der Waals surface area contributed by atoms with E-state index < -0.39 is 6.10 Å². The Morgan fingerprint density at radius 2 is 2.62 bits per heavy atom. The zero-order valence-corrected chi connectivity index (χ0v) is 4.85. The molecule has 1 aliphatic rings. The first-order valence-corrected chi connectivity index (χ1v) is 2.56. The Morgan fingerprint density at radius 1 is 1.88 bits per heavy atom. The second-order valence-electron chi connectivity index (χ2n) is 1.40. The van der Waals surface area contributed by atoms with Gasteiger partial charge in [0, 0.05) is 0 Å². The molecular weight excluding hydrogens is 124 g/mol. The fraction of sp³-hybridized carbons (Fsp3) is 0.200. The highest BCUT2D eigenvalue weighted by Crippen LogP contribution is 2.03. The van der Waals surface area contributed by atoms with Crippen LogP contribution in [0.25, 0.3) is 0 Å². The molecule has 2 nitrogen and oxygen atoms in total. The lowest BCUT2D eigenvalue weighted by Gasteiger charge is -1.97. The predicted octanol–water partition coefficient (Wildman–Crippen LogP) is 0.468. The molecule has 0 bridgehead atoms. The maximum Gasteiger partial charge on any atom is 0.188 e. The molecule has 1 atom stereocenters. The van der Waals surface area contributed by atoms with E-state index in [0.717, 1.165) is 0 Å². The van der Waals surface area contributed by atoms with Gasteiger partial charge in [0.05, 0.1) is 11.1 Å².